The Morgan fingerprint density at radius 3 is 0.860 bits per heavy atom. The van der Waals surface area contributed by atoms with Gasteiger partial charge in [-0.3, -0.25) is 4.79 Å². The minimum atomic E-state index is -6.00. The molecule has 0 atom stereocenters. The van der Waals surface area contributed by atoms with Crippen LogP contribution in [0.3, 0.4) is 0 Å². The van der Waals surface area contributed by atoms with Crippen LogP contribution >= 0.6 is 0 Å². The highest BCUT2D eigenvalue weighted by atomic mass is 19.5. The second kappa shape index (κ2) is 17.9. The Morgan fingerprint density at radius 2 is 0.680 bits per heavy atom. The van der Waals surface area contributed by atoms with E-state index in [1.807, 2.05) is 60.7 Å². The SMILES string of the molecule is CC(=O)Nc1ccc(C(c2ccc([N+]#N)cc2)(c2ccc([N+]#N)cc2)c2ccc([N+]#N)cc2)cc1.F[B-](F)(F)F.F[B-](F)(F)F.F[B-](F)(F)F. The van der Waals surface area contributed by atoms with Crippen LogP contribution in [0.25, 0.3) is 14.9 Å². The van der Waals surface area contributed by atoms with Gasteiger partial charge in [0.05, 0.1) is 5.41 Å². The zero-order chi connectivity index (χ0) is 38.3. The number of hydrogen-bond donors (Lipinski definition) is 1. The van der Waals surface area contributed by atoms with Crippen LogP contribution in [0.1, 0.15) is 29.2 Å². The minimum absolute atomic E-state index is 0.168. The van der Waals surface area contributed by atoms with E-state index in [9.17, 15) is 72.8 Å². The normalized spacial score (nSPS) is 10.9. The van der Waals surface area contributed by atoms with Gasteiger partial charge in [-0.05, 0) is 70.8 Å². The van der Waals surface area contributed by atoms with Crippen molar-refractivity contribution < 1.29 is 56.6 Å². The van der Waals surface area contributed by atoms with E-state index in [-0.39, 0.29) is 5.91 Å². The van der Waals surface area contributed by atoms with E-state index in [0.717, 1.165) is 22.3 Å². The Labute approximate surface area is 275 Å². The summed E-state index contributed by atoms with van der Waals surface area (Å²) in [6.07, 6.45) is 0. The smallest absolute Gasteiger partial charge is 0.418 e. The number of anilines is 1. The summed E-state index contributed by atoms with van der Waals surface area (Å²) in [5.74, 6) is -0.168. The molecule has 0 bridgehead atoms. The quantitative estimate of drug-likeness (QED) is 0.0957. The second-order valence-electron chi connectivity index (χ2n) is 9.43. The first-order valence-corrected chi connectivity index (χ1v) is 13.4. The van der Waals surface area contributed by atoms with Crippen molar-refractivity contribution in [2.45, 2.75) is 12.3 Å². The van der Waals surface area contributed by atoms with Crippen molar-refractivity contribution in [3.8, 4) is 0 Å². The molecule has 8 nitrogen and oxygen atoms in total. The van der Waals surface area contributed by atoms with Crippen molar-refractivity contribution in [2.75, 3.05) is 5.32 Å². The number of diazo groups is 3. The fraction of sp³-hybridized carbons (Fsp3) is 0.0741. The van der Waals surface area contributed by atoms with E-state index < -0.39 is 27.2 Å². The third kappa shape index (κ3) is 15.2. The van der Waals surface area contributed by atoms with Crippen LogP contribution in [0.2, 0.25) is 0 Å². The molecule has 0 unspecified atom stereocenters. The first kappa shape index (κ1) is 42.0. The summed E-state index contributed by atoms with van der Waals surface area (Å²) in [5.41, 5.74) is 4.55. The van der Waals surface area contributed by atoms with Crippen molar-refractivity contribution in [1.29, 1.82) is 16.2 Å². The van der Waals surface area contributed by atoms with Gasteiger partial charge in [0.25, 0.3) is 0 Å². The molecule has 0 aliphatic rings. The summed E-state index contributed by atoms with van der Waals surface area (Å²) in [6, 6.07) is 29.1. The van der Waals surface area contributed by atoms with Crippen molar-refractivity contribution >= 4 is 50.4 Å². The minimum Gasteiger partial charge on any atom is -0.418 e. The van der Waals surface area contributed by atoms with E-state index in [1.165, 1.54) is 6.92 Å². The summed E-state index contributed by atoms with van der Waals surface area (Å²) in [7, 11) is -18.0. The van der Waals surface area contributed by atoms with Crippen LogP contribution in [0.4, 0.5) is 74.5 Å². The van der Waals surface area contributed by atoms with Crippen molar-refractivity contribution in [1.82, 2.24) is 0 Å². The molecule has 0 heterocycles. The lowest BCUT2D eigenvalue weighted by atomic mass is 9.65. The lowest BCUT2D eigenvalue weighted by Crippen LogP contribution is -2.31. The molecule has 4 aromatic rings. The molecule has 0 aliphatic carbocycles. The van der Waals surface area contributed by atoms with Crippen LogP contribution in [0, 0.1) is 16.2 Å². The molecule has 1 amide bonds. The zero-order valence-electron chi connectivity index (χ0n) is 25.1. The standard InChI is InChI=1S/C27H19N7O.3BF4/c1-18(35)31-23-10-2-19(3-11-23)27(20-4-12-24(32-28)13-5-20,21-6-14-25(33-29)15-7-21)22-8-16-26(34-30)17-9-22;3*2-1(3,4)5/h2-17H,1H3;;;/q+2;3*-1/p+1. The summed E-state index contributed by atoms with van der Waals surface area (Å²) in [6.45, 7) is 1.45. The van der Waals surface area contributed by atoms with Crippen LogP contribution in [-0.2, 0) is 10.2 Å². The van der Waals surface area contributed by atoms with Crippen molar-refractivity contribution in [2.24, 2.45) is 0 Å². The fourth-order valence-electron chi connectivity index (χ4n) is 4.34. The van der Waals surface area contributed by atoms with Gasteiger partial charge in [0, 0.05) is 49.0 Å². The van der Waals surface area contributed by atoms with E-state index in [0.29, 0.717) is 22.7 Å². The van der Waals surface area contributed by atoms with E-state index in [2.05, 4.69) is 20.2 Å². The van der Waals surface area contributed by atoms with Gasteiger partial charge in [0.2, 0.25) is 22.1 Å². The number of rotatable bonds is 5. The summed E-state index contributed by atoms with van der Waals surface area (Å²) >= 11 is 0. The van der Waals surface area contributed by atoms with Gasteiger partial charge in [0.15, 0.2) is 14.9 Å². The summed E-state index contributed by atoms with van der Waals surface area (Å²) in [4.78, 5) is 21.4. The van der Waals surface area contributed by atoms with Crippen LogP contribution in [-0.4, -0.2) is 27.7 Å². The van der Waals surface area contributed by atoms with Gasteiger partial charge in [-0.2, -0.15) is 0 Å². The van der Waals surface area contributed by atoms with E-state index >= 15 is 0 Å². The van der Waals surface area contributed by atoms with Crippen molar-refractivity contribution in [3.63, 3.8) is 0 Å². The maximum Gasteiger partial charge on any atom is 0.673 e. The Bertz CT molecular complexity index is 1630. The average molecular weight is 719 g/mol. The second-order valence-corrected chi connectivity index (χ2v) is 9.43. The number of halogens is 12. The molecule has 23 heteroatoms. The highest BCUT2D eigenvalue weighted by molar-refractivity contribution is 6.50. The van der Waals surface area contributed by atoms with Gasteiger partial charge in [0.1, 0.15) is 0 Å². The number of nitrogens with one attached hydrogen (secondary N) is 1. The molecule has 0 saturated carbocycles. The van der Waals surface area contributed by atoms with E-state index in [4.69, 9.17) is 0 Å². The predicted molar refractivity (Wildman–Crippen MR) is 164 cm³/mol. The molecule has 4 rings (SSSR count). The largest absolute Gasteiger partial charge is 0.673 e. The molecule has 0 fully saturated rings. The fourth-order valence-corrected chi connectivity index (χ4v) is 4.34. The first-order chi connectivity index (χ1) is 23.0. The molecule has 0 saturated heterocycles. The number of nitrogens with zero attached hydrogens (tertiary/aromatic N) is 6. The van der Waals surface area contributed by atoms with Gasteiger partial charge in [-0.15, -0.1) is 0 Å². The molecule has 50 heavy (non-hydrogen) atoms. The first-order valence-electron chi connectivity index (χ1n) is 13.4. The Morgan fingerprint density at radius 1 is 0.480 bits per heavy atom. The highest BCUT2D eigenvalue weighted by Gasteiger charge is 2.39. The highest BCUT2D eigenvalue weighted by Crippen LogP contribution is 2.46. The molecular weight excluding hydrogens is 699 g/mol. The number of carbonyl (C=O) groups is 1. The van der Waals surface area contributed by atoms with Gasteiger partial charge >= 0.3 is 38.8 Å². The Hall–Kier alpha value is -6.04. The Balaban J connectivity index is 0.000000700. The Kier molecular flexibility index (Phi) is 15.1. The number of amides is 1. The topological polar surface area (TPSA) is 114 Å². The maximum atomic E-state index is 11.5. The molecular formula is C27H20B3F12N7O. The van der Waals surface area contributed by atoms with Gasteiger partial charge in [-0.25, -0.2) is 0 Å². The van der Waals surface area contributed by atoms with Gasteiger partial charge in [-0.1, -0.05) is 12.1 Å². The van der Waals surface area contributed by atoms with Crippen LogP contribution < -0.4 is 5.32 Å². The van der Waals surface area contributed by atoms with E-state index in [1.54, 1.807) is 36.4 Å². The molecule has 4 aromatic carbocycles. The molecule has 0 aromatic heterocycles. The number of benzene rings is 4. The molecule has 1 N–H and O–H groups in total. The van der Waals surface area contributed by atoms with Crippen molar-refractivity contribution in [3.05, 3.63) is 134 Å². The summed E-state index contributed by atoms with van der Waals surface area (Å²) < 4.78 is 117. The molecule has 262 valence electrons. The lowest BCUT2D eigenvalue weighted by molar-refractivity contribution is -0.114. The number of hydrogen-bond acceptors (Lipinski definition) is 4. The van der Waals surface area contributed by atoms with Crippen LogP contribution in [0.5, 0.6) is 0 Å². The van der Waals surface area contributed by atoms with Crippen LogP contribution in [0.15, 0.2) is 97.1 Å². The molecule has 0 radical (unpaired) electrons. The lowest BCUT2D eigenvalue weighted by Gasteiger charge is -2.36. The molecule has 0 spiro atoms. The predicted octanol–water partition coefficient (Wildman–Crippen LogP) is 11.4. The third-order valence-corrected chi connectivity index (χ3v) is 5.89. The van der Waals surface area contributed by atoms with Gasteiger partial charge < -0.3 is 57.1 Å². The zero-order valence-corrected chi connectivity index (χ0v) is 25.1. The third-order valence-electron chi connectivity index (χ3n) is 5.89. The number of carbonyl (C=O) groups excluding carboxylic acids is 1. The summed E-state index contributed by atoms with van der Waals surface area (Å²) in [5, 5.41) is 30.5. The monoisotopic (exact) mass is 719 g/mol. The maximum absolute atomic E-state index is 11.5. The average Bonchev–Trinajstić information content (AvgIpc) is 3.00. The molecule has 0 aliphatic heterocycles.